The van der Waals surface area contributed by atoms with Crippen LogP contribution in [0.15, 0.2) is 42.5 Å². The molecular weight excluding hydrogens is 423 g/mol. The Hall–Kier alpha value is -2.24. The minimum absolute atomic E-state index is 0.118. The number of hydrogen-bond acceptors (Lipinski definition) is 3. The fourth-order valence-corrected chi connectivity index (χ4v) is 3.60. The van der Waals surface area contributed by atoms with Crippen LogP contribution in [0.4, 0.5) is 0 Å². The Morgan fingerprint density at radius 2 is 1.73 bits per heavy atom. The van der Waals surface area contributed by atoms with Gasteiger partial charge < -0.3 is 15.0 Å². The van der Waals surface area contributed by atoms with Crippen molar-refractivity contribution < 1.29 is 14.3 Å². The zero-order chi connectivity index (χ0) is 22.1. The van der Waals surface area contributed by atoms with E-state index in [0.717, 1.165) is 12.0 Å². The number of benzene rings is 2. The first-order chi connectivity index (χ1) is 14.4. The van der Waals surface area contributed by atoms with E-state index in [0.29, 0.717) is 34.3 Å². The summed E-state index contributed by atoms with van der Waals surface area (Å²) in [6.07, 6.45) is 1.26. The highest BCUT2D eigenvalue weighted by molar-refractivity contribution is 6.36. The lowest BCUT2D eigenvalue weighted by Crippen LogP contribution is -2.50. The lowest BCUT2D eigenvalue weighted by molar-refractivity contribution is -0.143. The van der Waals surface area contributed by atoms with Crippen LogP contribution in [-0.4, -0.2) is 35.9 Å². The highest BCUT2D eigenvalue weighted by atomic mass is 35.5. The number of nitrogens with one attached hydrogen (secondary N) is 1. The number of ether oxygens (including phenoxy) is 1. The molecule has 0 aliphatic carbocycles. The molecule has 2 aromatic carbocycles. The molecule has 0 heterocycles. The van der Waals surface area contributed by atoms with Crippen LogP contribution >= 0.6 is 23.2 Å². The molecule has 0 aromatic heterocycles. The Morgan fingerprint density at radius 1 is 1.07 bits per heavy atom. The SMILES string of the molecule is CCCNC(=O)[C@H](CC)N(Cc1c(Cl)cccc1Cl)C(=O)COc1ccccc1C. The molecule has 0 spiro atoms. The van der Waals surface area contributed by atoms with Gasteiger partial charge in [0.05, 0.1) is 0 Å². The maximum absolute atomic E-state index is 13.2. The molecule has 1 N–H and O–H groups in total. The Kier molecular flexibility index (Phi) is 9.47. The van der Waals surface area contributed by atoms with Crippen molar-refractivity contribution in [3.63, 3.8) is 0 Å². The molecule has 0 saturated heterocycles. The molecule has 1 atom stereocenters. The summed E-state index contributed by atoms with van der Waals surface area (Å²) in [7, 11) is 0. The van der Waals surface area contributed by atoms with Gasteiger partial charge in [0.25, 0.3) is 5.91 Å². The van der Waals surface area contributed by atoms with Gasteiger partial charge in [0, 0.05) is 28.7 Å². The topological polar surface area (TPSA) is 58.6 Å². The Labute approximate surface area is 188 Å². The molecule has 0 aliphatic rings. The molecule has 0 aliphatic heterocycles. The Bertz CT molecular complexity index is 853. The van der Waals surface area contributed by atoms with Crippen molar-refractivity contribution in [1.29, 1.82) is 0 Å². The van der Waals surface area contributed by atoms with E-state index in [2.05, 4.69) is 5.32 Å². The van der Waals surface area contributed by atoms with Crippen LogP contribution in [-0.2, 0) is 16.1 Å². The van der Waals surface area contributed by atoms with Gasteiger partial charge in [-0.3, -0.25) is 9.59 Å². The smallest absolute Gasteiger partial charge is 0.261 e. The third-order valence-electron chi connectivity index (χ3n) is 4.77. The molecule has 2 rings (SSSR count). The molecule has 5 nitrogen and oxygen atoms in total. The van der Waals surface area contributed by atoms with Crippen LogP contribution in [0.3, 0.4) is 0 Å². The van der Waals surface area contributed by atoms with Crippen molar-refractivity contribution in [2.75, 3.05) is 13.2 Å². The highest BCUT2D eigenvalue weighted by Crippen LogP contribution is 2.27. The third-order valence-corrected chi connectivity index (χ3v) is 5.48. The minimum atomic E-state index is -0.656. The zero-order valence-electron chi connectivity index (χ0n) is 17.6. The lowest BCUT2D eigenvalue weighted by Gasteiger charge is -2.31. The van der Waals surface area contributed by atoms with E-state index in [9.17, 15) is 9.59 Å². The van der Waals surface area contributed by atoms with E-state index >= 15 is 0 Å². The molecule has 2 aromatic rings. The van der Waals surface area contributed by atoms with E-state index in [4.69, 9.17) is 27.9 Å². The Morgan fingerprint density at radius 3 is 2.33 bits per heavy atom. The molecule has 7 heteroatoms. The first kappa shape index (κ1) is 24.0. The van der Waals surface area contributed by atoms with Crippen molar-refractivity contribution in [2.45, 2.75) is 46.2 Å². The van der Waals surface area contributed by atoms with Crippen molar-refractivity contribution in [3.8, 4) is 5.75 Å². The second kappa shape index (κ2) is 11.8. The lowest BCUT2D eigenvalue weighted by atomic mass is 10.1. The summed E-state index contributed by atoms with van der Waals surface area (Å²) in [6.45, 7) is 6.23. The van der Waals surface area contributed by atoms with Gasteiger partial charge in [0.1, 0.15) is 11.8 Å². The summed E-state index contributed by atoms with van der Waals surface area (Å²) >= 11 is 12.7. The largest absolute Gasteiger partial charge is 0.484 e. The molecule has 0 unspecified atom stereocenters. The fraction of sp³-hybridized carbons (Fsp3) is 0.391. The quantitative estimate of drug-likeness (QED) is 0.552. The molecule has 0 bridgehead atoms. The van der Waals surface area contributed by atoms with Crippen LogP contribution in [0.1, 0.15) is 37.8 Å². The van der Waals surface area contributed by atoms with Crippen LogP contribution in [0, 0.1) is 6.92 Å². The number of nitrogens with zero attached hydrogens (tertiary/aromatic N) is 1. The monoisotopic (exact) mass is 450 g/mol. The maximum Gasteiger partial charge on any atom is 0.261 e. The van der Waals surface area contributed by atoms with E-state index in [1.54, 1.807) is 18.2 Å². The summed E-state index contributed by atoms with van der Waals surface area (Å²) in [5.41, 5.74) is 1.53. The molecule has 30 heavy (non-hydrogen) atoms. The molecule has 0 radical (unpaired) electrons. The second-order valence-electron chi connectivity index (χ2n) is 6.99. The van der Waals surface area contributed by atoms with Gasteiger partial charge in [-0.15, -0.1) is 0 Å². The molecule has 0 saturated carbocycles. The van der Waals surface area contributed by atoms with Crippen LogP contribution in [0.2, 0.25) is 10.0 Å². The first-order valence-electron chi connectivity index (χ1n) is 10.1. The van der Waals surface area contributed by atoms with E-state index in [-0.39, 0.29) is 25.0 Å². The number of carbonyl (C=O) groups excluding carboxylic acids is 2. The highest BCUT2D eigenvalue weighted by Gasteiger charge is 2.30. The van der Waals surface area contributed by atoms with Gasteiger partial charge in [-0.25, -0.2) is 0 Å². The van der Waals surface area contributed by atoms with Crippen molar-refractivity contribution in [3.05, 3.63) is 63.6 Å². The molecule has 0 fully saturated rings. The number of amides is 2. The zero-order valence-corrected chi connectivity index (χ0v) is 19.1. The molecule has 162 valence electrons. The summed E-state index contributed by atoms with van der Waals surface area (Å²) in [4.78, 5) is 27.4. The average Bonchev–Trinajstić information content (AvgIpc) is 2.73. The average molecular weight is 451 g/mol. The first-order valence-corrected chi connectivity index (χ1v) is 10.8. The van der Waals surface area contributed by atoms with Gasteiger partial charge >= 0.3 is 0 Å². The van der Waals surface area contributed by atoms with Gasteiger partial charge in [-0.1, -0.05) is 61.3 Å². The van der Waals surface area contributed by atoms with Crippen molar-refractivity contribution in [1.82, 2.24) is 10.2 Å². The number of hydrogen-bond donors (Lipinski definition) is 1. The summed E-state index contributed by atoms with van der Waals surface area (Å²) in [6, 6.07) is 12.0. The minimum Gasteiger partial charge on any atom is -0.484 e. The van der Waals surface area contributed by atoms with Crippen LogP contribution in [0.5, 0.6) is 5.75 Å². The number of para-hydroxylation sites is 1. The number of aryl methyl sites for hydroxylation is 1. The third kappa shape index (κ3) is 6.38. The van der Waals surface area contributed by atoms with Gasteiger partial charge in [0.15, 0.2) is 6.61 Å². The standard InChI is InChI=1S/C23H28Cl2N2O3/c1-4-13-26-23(29)20(5-2)27(14-17-18(24)10-8-11-19(17)25)22(28)15-30-21-12-7-6-9-16(21)3/h6-12,20H,4-5,13-15H2,1-3H3,(H,26,29)/t20-/m0/s1. The van der Waals surface area contributed by atoms with E-state index in [1.807, 2.05) is 45.0 Å². The van der Waals surface area contributed by atoms with Crippen LogP contribution in [0.25, 0.3) is 0 Å². The fourth-order valence-electron chi connectivity index (χ4n) is 3.08. The summed E-state index contributed by atoms with van der Waals surface area (Å²) < 4.78 is 5.74. The van der Waals surface area contributed by atoms with Crippen molar-refractivity contribution >= 4 is 35.0 Å². The normalized spacial score (nSPS) is 11.6. The Balaban J connectivity index is 2.27. The van der Waals surface area contributed by atoms with Crippen molar-refractivity contribution in [2.24, 2.45) is 0 Å². The molecular formula is C23H28Cl2N2O3. The van der Waals surface area contributed by atoms with Crippen LogP contribution < -0.4 is 10.1 Å². The second-order valence-corrected chi connectivity index (χ2v) is 7.81. The predicted molar refractivity (Wildman–Crippen MR) is 121 cm³/mol. The number of carbonyl (C=O) groups is 2. The molecule has 2 amide bonds. The number of rotatable bonds is 10. The predicted octanol–water partition coefficient (Wildman–Crippen LogP) is 5.01. The van der Waals surface area contributed by atoms with E-state index in [1.165, 1.54) is 4.90 Å². The summed E-state index contributed by atoms with van der Waals surface area (Å²) in [5, 5.41) is 3.77. The number of halogens is 2. The van der Waals surface area contributed by atoms with E-state index < -0.39 is 6.04 Å². The summed E-state index contributed by atoms with van der Waals surface area (Å²) in [5.74, 6) is 0.115. The van der Waals surface area contributed by atoms with Gasteiger partial charge in [0.2, 0.25) is 5.91 Å². The maximum atomic E-state index is 13.2. The van der Waals surface area contributed by atoms with Gasteiger partial charge in [-0.2, -0.15) is 0 Å². The van der Waals surface area contributed by atoms with Gasteiger partial charge in [-0.05, 0) is 43.5 Å².